The maximum atomic E-state index is 12.0. The van der Waals surface area contributed by atoms with Crippen molar-refractivity contribution >= 4 is 5.91 Å². The van der Waals surface area contributed by atoms with Crippen molar-refractivity contribution in [2.75, 3.05) is 7.05 Å². The van der Waals surface area contributed by atoms with E-state index in [9.17, 15) is 9.90 Å². The average Bonchev–Trinajstić information content (AvgIpc) is 2.77. The highest BCUT2D eigenvalue weighted by Crippen LogP contribution is 2.61. The Labute approximate surface area is 128 Å². The fourth-order valence-electron chi connectivity index (χ4n) is 6.69. The molecular weight excluding hydrogens is 262 g/mol. The highest BCUT2D eigenvalue weighted by atomic mass is 16.3. The molecule has 3 saturated carbocycles. The van der Waals surface area contributed by atoms with E-state index in [0.717, 1.165) is 49.4 Å². The molecule has 1 saturated heterocycles. The lowest BCUT2D eigenvalue weighted by Crippen LogP contribution is -2.55. The lowest BCUT2D eigenvalue weighted by molar-refractivity contribution is -0.143. The van der Waals surface area contributed by atoms with Crippen LogP contribution < -0.4 is 0 Å². The summed E-state index contributed by atoms with van der Waals surface area (Å²) in [6, 6.07) is 0.503. The van der Waals surface area contributed by atoms with Gasteiger partial charge in [0.1, 0.15) is 0 Å². The zero-order chi connectivity index (χ0) is 14.8. The molecule has 1 amide bonds. The highest BCUT2D eigenvalue weighted by Gasteiger charge is 2.56. The predicted molar refractivity (Wildman–Crippen MR) is 81.6 cm³/mol. The summed E-state index contributed by atoms with van der Waals surface area (Å²) < 4.78 is 0. The molecule has 0 radical (unpaired) electrons. The largest absolute Gasteiger partial charge is 0.393 e. The molecule has 0 aromatic rings. The lowest BCUT2D eigenvalue weighted by Gasteiger charge is -2.56. The van der Waals surface area contributed by atoms with E-state index in [0.29, 0.717) is 17.4 Å². The van der Waals surface area contributed by atoms with Crippen LogP contribution in [0.2, 0.25) is 0 Å². The fraction of sp³-hybridized carbons (Fsp3) is 0.944. The van der Waals surface area contributed by atoms with E-state index in [4.69, 9.17) is 0 Å². The van der Waals surface area contributed by atoms with Crippen molar-refractivity contribution in [3.05, 3.63) is 0 Å². The van der Waals surface area contributed by atoms with Crippen LogP contribution in [0.5, 0.6) is 0 Å². The molecule has 0 unspecified atom stereocenters. The van der Waals surface area contributed by atoms with E-state index in [1.807, 2.05) is 7.05 Å². The molecule has 0 aromatic heterocycles. The number of amides is 1. The topological polar surface area (TPSA) is 40.5 Å². The number of aliphatic hydroxyl groups excluding tert-OH is 1. The molecule has 3 nitrogen and oxygen atoms in total. The number of aliphatic hydroxyl groups is 1. The molecule has 1 heterocycles. The van der Waals surface area contributed by atoms with Crippen LogP contribution in [0.25, 0.3) is 0 Å². The summed E-state index contributed by atoms with van der Waals surface area (Å²) in [7, 11) is 2.02. The van der Waals surface area contributed by atoms with Crippen molar-refractivity contribution in [1.29, 1.82) is 0 Å². The maximum Gasteiger partial charge on any atom is 0.222 e. The SMILES string of the molecule is CN1C(=O)CC[C@@H]2[C@H]3CC[C@]4(C)C[C@@H](O)C[C@H]4[C@@H]3CC[C@H]21. The second kappa shape index (κ2) is 4.71. The molecule has 21 heavy (non-hydrogen) atoms. The van der Waals surface area contributed by atoms with Crippen molar-refractivity contribution in [3.8, 4) is 0 Å². The Morgan fingerprint density at radius 2 is 1.95 bits per heavy atom. The van der Waals surface area contributed by atoms with Gasteiger partial charge in [0, 0.05) is 19.5 Å². The predicted octanol–water partition coefficient (Wildman–Crippen LogP) is 2.82. The minimum atomic E-state index is -0.0629. The molecule has 4 aliphatic rings. The molecule has 4 rings (SSSR count). The Bertz CT molecular complexity index is 450. The molecule has 1 N–H and O–H groups in total. The summed E-state index contributed by atoms with van der Waals surface area (Å²) in [5, 5.41) is 10.2. The van der Waals surface area contributed by atoms with Crippen LogP contribution in [-0.2, 0) is 4.79 Å². The average molecular weight is 291 g/mol. The number of piperidine rings is 1. The Hall–Kier alpha value is -0.570. The molecule has 7 atom stereocenters. The first-order valence-corrected chi connectivity index (χ1v) is 8.93. The normalized spacial score (nSPS) is 53.1. The van der Waals surface area contributed by atoms with Gasteiger partial charge in [-0.3, -0.25) is 4.79 Å². The molecule has 1 aliphatic heterocycles. The second-order valence-corrected chi connectivity index (χ2v) is 8.57. The van der Waals surface area contributed by atoms with E-state index in [-0.39, 0.29) is 6.10 Å². The number of carbonyl (C=O) groups is 1. The quantitative estimate of drug-likeness (QED) is 0.745. The van der Waals surface area contributed by atoms with Crippen LogP contribution in [0.3, 0.4) is 0 Å². The van der Waals surface area contributed by atoms with Gasteiger partial charge in [-0.05, 0) is 74.0 Å². The fourth-order valence-corrected chi connectivity index (χ4v) is 6.69. The number of carbonyl (C=O) groups excluding carboxylic acids is 1. The van der Waals surface area contributed by atoms with E-state index >= 15 is 0 Å². The molecule has 0 spiro atoms. The lowest BCUT2D eigenvalue weighted by atomic mass is 9.52. The minimum absolute atomic E-state index is 0.0629. The van der Waals surface area contributed by atoms with Gasteiger partial charge in [-0.15, -0.1) is 0 Å². The van der Waals surface area contributed by atoms with Crippen molar-refractivity contribution < 1.29 is 9.90 Å². The summed E-state index contributed by atoms with van der Waals surface area (Å²) in [5.41, 5.74) is 0.393. The van der Waals surface area contributed by atoms with Crippen LogP contribution in [0, 0.1) is 29.1 Å². The first-order valence-electron chi connectivity index (χ1n) is 8.93. The van der Waals surface area contributed by atoms with Gasteiger partial charge in [-0.2, -0.15) is 0 Å². The van der Waals surface area contributed by atoms with Gasteiger partial charge < -0.3 is 10.0 Å². The van der Waals surface area contributed by atoms with E-state index < -0.39 is 0 Å². The van der Waals surface area contributed by atoms with Gasteiger partial charge in [-0.1, -0.05) is 6.92 Å². The number of rotatable bonds is 0. The zero-order valence-corrected chi connectivity index (χ0v) is 13.4. The molecule has 0 aromatic carbocycles. The van der Waals surface area contributed by atoms with E-state index in [1.165, 1.54) is 25.7 Å². The van der Waals surface area contributed by atoms with E-state index in [1.54, 1.807) is 0 Å². The molecule has 118 valence electrons. The summed E-state index contributed by atoms with van der Waals surface area (Å²) in [6.45, 7) is 2.42. The Kier molecular flexibility index (Phi) is 3.15. The molecular formula is C18H29NO2. The van der Waals surface area contributed by atoms with Crippen molar-refractivity contribution in [3.63, 3.8) is 0 Å². The van der Waals surface area contributed by atoms with Gasteiger partial charge in [0.25, 0.3) is 0 Å². The first-order chi connectivity index (χ1) is 9.99. The third-order valence-corrected chi connectivity index (χ3v) is 7.66. The summed E-state index contributed by atoms with van der Waals surface area (Å²) in [6.07, 6.45) is 8.94. The molecule has 0 bridgehead atoms. The zero-order valence-electron chi connectivity index (χ0n) is 13.4. The second-order valence-electron chi connectivity index (χ2n) is 8.57. The molecule has 3 aliphatic carbocycles. The van der Waals surface area contributed by atoms with Gasteiger partial charge in [-0.25, -0.2) is 0 Å². The maximum absolute atomic E-state index is 12.0. The van der Waals surface area contributed by atoms with Crippen LogP contribution in [-0.4, -0.2) is 35.1 Å². The number of likely N-dealkylation sites (tertiary alicyclic amines) is 1. The van der Waals surface area contributed by atoms with Crippen molar-refractivity contribution in [2.45, 2.75) is 70.4 Å². The highest BCUT2D eigenvalue weighted by molar-refractivity contribution is 5.77. The third kappa shape index (κ3) is 1.99. The summed E-state index contributed by atoms with van der Waals surface area (Å²) in [5.74, 6) is 3.43. The monoisotopic (exact) mass is 291 g/mol. The Morgan fingerprint density at radius 1 is 1.14 bits per heavy atom. The standard InChI is InChI=1S/C18H29NO2/c1-18-8-7-12-13(15(18)9-11(20)10-18)3-5-16-14(12)4-6-17(21)19(16)2/h11-16,20H,3-10H2,1-2H3/t11-,12-,13+,14+,15-,16+,18+/m0/s1. The number of fused-ring (bicyclic) bond motifs is 5. The third-order valence-electron chi connectivity index (χ3n) is 7.66. The van der Waals surface area contributed by atoms with Crippen LogP contribution in [0.1, 0.15) is 58.3 Å². The smallest absolute Gasteiger partial charge is 0.222 e. The summed E-state index contributed by atoms with van der Waals surface area (Å²) >= 11 is 0. The van der Waals surface area contributed by atoms with Crippen LogP contribution >= 0.6 is 0 Å². The van der Waals surface area contributed by atoms with Gasteiger partial charge in [0.2, 0.25) is 5.91 Å². The van der Waals surface area contributed by atoms with Gasteiger partial charge in [0.15, 0.2) is 0 Å². The van der Waals surface area contributed by atoms with Crippen LogP contribution in [0.15, 0.2) is 0 Å². The number of hydrogen-bond acceptors (Lipinski definition) is 2. The minimum Gasteiger partial charge on any atom is -0.393 e. The van der Waals surface area contributed by atoms with Gasteiger partial charge in [0.05, 0.1) is 6.10 Å². The Morgan fingerprint density at radius 3 is 2.76 bits per heavy atom. The Balaban J connectivity index is 1.59. The number of nitrogens with zero attached hydrogens (tertiary/aromatic N) is 1. The van der Waals surface area contributed by atoms with Crippen molar-refractivity contribution in [1.82, 2.24) is 4.90 Å². The first kappa shape index (κ1) is 14.0. The van der Waals surface area contributed by atoms with E-state index in [2.05, 4.69) is 11.8 Å². The molecule has 3 heteroatoms. The van der Waals surface area contributed by atoms with Crippen molar-refractivity contribution in [2.24, 2.45) is 29.1 Å². The van der Waals surface area contributed by atoms with Gasteiger partial charge >= 0.3 is 0 Å². The van der Waals surface area contributed by atoms with Crippen LogP contribution in [0.4, 0.5) is 0 Å². The number of hydrogen-bond donors (Lipinski definition) is 1. The summed E-state index contributed by atoms with van der Waals surface area (Å²) in [4.78, 5) is 14.0. The molecule has 4 fully saturated rings.